The first-order valence-electron chi connectivity index (χ1n) is 4.38. The standard InChI is InChI=1S/C8H16N4/c1-8(2)4-3-7(10-6-8)5-11-12-9/h7,10H,3-6H2,1-2H3. The molecule has 0 radical (unpaired) electrons. The predicted molar refractivity (Wildman–Crippen MR) is 48.8 cm³/mol. The van der Waals surface area contributed by atoms with Crippen LogP contribution < -0.4 is 5.32 Å². The molecule has 4 nitrogen and oxygen atoms in total. The van der Waals surface area contributed by atoms with Crippen LogP contribution in [0, 0.1) is 5.41 Å². The third-order valence-corrected chi connectivity index (χ3v) is 2.40. The second kappa shape index (κ2) is 3.78. The monoisotopic (exact) mass is 168 g/mol. The predicted octanol–water partition coefficient (Wildman–Crippen LogP) is 2.07. The molecule has 1 fully saturated rings. The van der Waals surface area contributed by atoms with Gasteiger partial charge < -0.3 is 5.32 Å². The zero-order valence-corrected chi connectivity index (χ0v) is 7.75. The zero-order valence-electron chi connectivity index (χ0n) is 7.75. The van der Waals surface area contributed by atoms with Gasteiger partial charge in [-0.2, -0.15) is 0 Å². The van der Waals surface area contributed by atoms with E-state index in [1.54, 1.807) is 0 Å². The molecule has 0 aromatic rings. The van der Waals surface area contributed by atoms with E-state index in [-0.39, 0.29) is 0 Å². The average Bonchev–Trinajstić information content (AvgIpc) is 2.03. The maximum absolute atomic E-state index is 8.13. The van der Waals surface area contributed by atoms with Crippen molar-refractivity contribution in [1.29, 1.82) is 0 Å². The van der Waals surface area contributed by atoms with E-state index < -0.39 is 0 Å². The van der Waals surface area contributed by atoms with E-state index in [0.717, 1.165) is 13.0 Å². The van der Waals surface area contributed by atoms with Crippen molar-refractivity contribution in [3.8, 4) is 0 Å². The van der Waals surface area contributed by atoms with E-state index in [4.69, 9.17) is 5.53 Å². The zero-order chi connectivity index (χ0) is 9.03. The Kier molecular flexibility index (Phi) is 2.95. The normalized spacial score (nSPS) is 27.7. The van der Waals surface area contributed by atoms with Crippen molar-refractivity contribution in [1.82, 2.24) is 5.32 Å². The highest BCUT2D eigenvalue weighted by Crippen LogP contribution is 2.26. The smallest absolute Gasteiger partial charge is 0.0412 e. The fourth-order valence-electron chi connectivity index (χ4n) is 1.47. The number of hydrogen-bond acceptors (Lipinski definition) is 2. The second-order valence-electron chi connectivity index (χ2n) is 4.19. The lowest BCUT2D eigenvalue weighted by Crippen LogP contribution is -2.44. The Labute approximate surface area is 73.0 Å². The summed E-state index contributed by atoms with van der Waals surface area (Å²) in [5.41, 5.74) is 8.54. The van der Waals surface area contributed by atoms with Crippen LogP contribution in [0.15, 0.2) is 5.11 Å². The minimum absolute atomic E-state index is 0.397. The van der Waals surface area contributed by atoms with Crippen LogP contribution in [0.4, 0.5) is 0 Å². The highest BCUT2D eigenvalue weighted by molar-refractivity contribution is 4.84. The van der Waals surface area contributed by atoms with Gasteiger partial charge in [0.05, 0.1) is 0 Å². The van der Waals surface area contributed by atoms with Crippen molar-refractivity contribution < 1.29 is 0 Å². The quantitative estimate of drug-likeness (QED) is 0.383. The molecular formula is C8H16N4. The van der Waals surface area contributed by atoms with Crippen LogP contribution in [0.1, 0.15) is 26.7 Å². The molecule has 12 heavy (non-hydrogen) atoms. The Balaban J connectivity index is 2.31. The molecule has 0 spiro atoms. The Morgan fingerprint density at radius 1 is 1.67 bits per heavy atom. The van der Waals surface area contributed by atoms with Crippen molar-refractivity contribution in [2.45, 2.75) is 32.7 Å². The first-order valence-corrected chi connectivity index (χ1v) is 4.38. The van der Waals surface area contributed by atoms with Gasteiger partial charge in [0.15, 0.2) is 0 Å². The lowest BCUT2D eigenvalue weighted by Gasteiger charge is -2.34. The van der Waals surface area contributed by atoms with Crippen molar-refractivity contribution in [3.05, 3.63) is 10.4 Å². The van der Waals surface area contributed by atoms with Crippen molar-refractivity contribution in [2.24, 2.45) is 10.5 Å². The van der Waals surface area contributed by atoms with E-state index in [0.29, 0.717) is 18.0 Å². The van der Waals surface area contributed by atoms with Crippen LogP contribution >= 0.6 is 0 Å². The van der Waals surface area contributed by atoms with E-state index >= 15 is 0 Å². The molecule has 0 aliphatic carbocycles. The summed E-state index contributed by atoms with van der Waals surface area (Å²) in [6.07, 6.45) is 2.33. The van der Waals surface area contributed by atoms with Gasteiger partial charge in [0.2, 0.25) is 0 Å². The molecule has 4 heteroatoms. The summed E-state index contributed by atoms with van der Waals surface area (Å²) in [4.78, 5) is 2.75. The lowest BCUT2D eigenvalue weighted by atomic mass is 9.83. The van der Waals surface area contributed by atoms with Gasteiger partial charge in [-0.25, -0.2) is 0 Å². The molecular weight excluding hydrogens is 152 g/mol. The number of nitrogens with one attached hydrogen (secondary N) is 1. The second-order valence-corrected chi connectivity index (χ2v) is 4.19. The lowest BCUT2D eigenvalue weighted by molar-refractivity contribution is 0.225. The van der Waals surface area contributed by atoms with Gasteiger partial charge >= 0.3 is 0 Å². The minimum Gasteiger partial charge on any atom is -0.313 e. The number of hydrogen-bond donors (Lipinski definition) is 1. The van der Waals surface area contributed by atoms with Crippen LogP contribution in [0.3, 0.4) is 0 Å². The molecule has 0 bridgehead atoms. The number of piperidine rings is 1. The SMILES string of the molecule is CC1(C)CCC(CN=[N+]=[N-])NC1. The highest BCUT2D eigenvalue weighted by Gasteiger charge is 2.25. The van der Waals surface area contributed by atoms with Gasteiger partial charge in [-0.05, 0) is 23.8 Å². The number of nitrogens with zero attached hydrogens (tertiary/aromatic N) is 3. The Morgan fingerprint density at radius 3 is 2.92 bits per heavy atom. The van der Waals surface area contributed by atoms with Gasteiger partial charge in [-0.3, -0.25) is 0 Å². The summed E-state index contributed by atoms with van der Waals surface area (Å²) in [6, 6.07) is 0.397. The van der Waals surface area contributed by atoms with E-state index in [2.05, 4.69) is 29.2 Å². The van der Waals surface area contributed by atoms with E-state index in [9.17, 15) is 0 Å². The first kappa shape index (κ1) is 9.36. The molecule has 1 aliphatic heterocycles. The van der Waals surface area contributed by atoms with Gasteiger partial charge in [0.25, 0.3) is 0 Å². The molecule has 1 aliphatic rings. The molecule has 0 amide bonds. The molecule has 1 N–H and O–H groups in total. The first-order chi connectivity index (χ1) is 5.64. The van der Waals surface area contributed by atoms with Crippen LogP contribution in [0.2, 0.25) is 0 Å². The summed E-state index contributed by atoms with van der Waals surface area (Å²) in [5.74, 6) is 0. The topological polar surface area (TPSA) is 60.8 Å². The Hall–Kier alpha value is -0.730. The molecule has 0 aromatic carbocycles. The Morgan fingerprint density at radius 2 is 2.42 bits per heavy atom. The third kappa shape index (κ3) is 2.72. The fourth-order valence-corrected chi connectivity index (χ4v) is 1.47. The maximum atomic E-state index is 8.13. The minimum atomic E-state index is 0.397. The largest absolute Gasteiger partial charge is 0.313 e. The summed E-state index contributed by atoms with van der Waals surface area (Å²) < 4.78 is 0. The third-order valence-electron chi connectivity index (χ3n) is 2.40. The summed E-state index contributed by atoms with van der Waals surface area (Å²) >= 11 is 0. The Bertz CT molecular complexity index is 183. The summed E-state index contributed by atoms with van der Waals surface area (Å²) in [6.45, 7) is 6.12. The molecule has 0 saturated carbocycles. The molecule has 1 rings (SSSR count). The number of azide groups is 1. The van der Waals surface area contributed by atoms with E-state index in [1.807, 2.05) is 0 Å². The van der Waals surface area contributed by atoms with Crippen LogP contribution in [-0.4, -0.2) is 19.1 Å². The molecule has 68 valence electrons. The fraction of sp³-hybridized carbons (Fsp3) is 1.00. The van der Waals surface area contributed by atoms with Crippen molar-refractivity contribution in [3.63, 3.8) is 0 Å². The highest BCUT2D eigenvalue weighted by atomic mass is 15.1. The molecule has 1 heterocycles. The van der Waals surface area contributed by atoms with Crippen LogP contribution in [0.25, 0.3) is 10.4 Å². The van der Waals surface area contributed by atoms with Crippen molar-refractivity contribution in [2.75, 3.05) is 13.1 Å². The molecule has 1 saturated heterocycles. The average molecular weight is 168 g/mol. The van der Waals surface area contributed by atoms with E-state index in [1.165, 1.54) is 6.42 Å². The van der Waals surface area contributed by atoms with Gasteiger partial charge in [-0.1, -0.05) is 19.0 Å². The number of rotatable bonds is 2. The van der Waals surface area contributed by atoms with Gasteiger partial charge in [0.1, 0.15) is 0 Å². The van der Waals surface area contributed by atoms with Crippen LogP contribution in [-0.2, 0) is 0 Å². The van der Waals surface area contributed by atoms with Crippen LogP contribution in [0.5, 0.6) is 0 Å². The molecule has 0 aromatic heterocycles. The molecule has 1 atom stereocenters. The van der Waals surface area contributed by atoms with Crippen molar-refractivity contribution >= 4 is 0 Å². The summed E-state index contributed by atoms with van der Waals surface area (Å²) in [7, 11) is 0. The maximum Gasteiger partial charge on any atom is 0.0412 e. The van der Waals surface area contributed by atoms with Gasteiger partial charge in [0, 0.05) is 24.0 Å². The molecule has 1 unspecified atom stereocenters. The summed E-state index contributed by atoms with van der Waals surface area (Å²) in [5, 5.41) is 6.94. The van der Waals surface area contributed by atoms with Gasteiger partial charge in [-0.15, -0.1) is 0 Å².